The van der Waals surface area contributed by atoms with Crippen LogP contribution in [0.5, 0.6) is 0 Å². The molecule has 3 heterocycles. The number of unbranched alkanes of at least 4 members (excludes halogenated alkanes) is 1. The first-order chi connectivity index (χ1) is 14.8. The van der Waals surface area contributed by atoms with Crippen molar-refractivity contribution >= 4 is 11.2 Å². The van der Waals surface area contributed by atoms with Crippen LogP contribution in [0.1, 0.15) is 30.9 Å². The summed E-state index contributed by atoms with van der Waals surface area (Å²) in [6, 6.07) is 5.03. The van der Waals surface area contributed by atoms with Crippen LogP contribution in [-0.2, 0) is 19.3 Å². The molecular formula is C20H19F3N6O2. The summed E-state index contributed by atoms with van der Waals surface area (Å²) in [5.41, 5.74) is -0.402. The molecule has 0 unspecified atom stereocenters. The number of hydrogen-bond acceptors (Lipinski definition) is 4. The van der Waals surface area contributed by atoms with Gasteiger partial charge in [-0.15, -0.1) is 0 Å². The fourth-order valence-electron chi connectivity index (χ4n) is 3.31. The molecular weight excluding hydrogens is 413 g/mol. The largest absolute Gasteiger partial charge is 0.416 e. The molecule has 0 fully saturated rings. The third-order valence-corrected chi connectivity index (χ3v) is 4.87. The maximum absolute atomic E-state index is 12.9. The minimum absolute atomic E-state index is 0.131. The molecule has 2 N–H and O–H groups in total. The predicted molar refractivity (Wildman–Crippen MR) is 108 cm³/mol. The number of rotatable bonds is 6. The van der Waals surface area contributed by atoms with E-state index in [4.69, 9.17) is 0 Å². The van der Waals surface area contributed by atoms with Gasteiger partial charge in [0, 0.05) is 12.7 Å². The Labute approximate surface area is 173 Å². The summed E-state index contributed by atoms with van der Waals surface area (Å²) in [4.78, 5) is 33.9. The summed E-state index contributed by atoms with van der Waals surface area (Å²) in [6.07, 6.45) is 0.305. The normalized spacial score (nSPS) is 12.0. The summed E-state index contributed by atoms with van der Waals surface area (Å²) < 4.78 is 41.6. The smallest absolute Gasteiger partial charge is 0.332 e. The topological polar surface area (TPSA) is 101 Å². The maximum Gasteiger partial charge on any atom is 0.416 e. The Balaban J connectivity index is 1.66. The fraction of sp³-hybridized carbons (Fsp3) is 0.300. The number of aromatic amines is 2. The number of alkyl halides is 3. The van der Waals surface area contributed by atoms with Crippen LogP contribution in [0.25, 0.3) is 22.6 Å². The Hall–Kier alpha value is -3.63. The van der Waals surface area contributed by atoms with Gasteiger partial charge in [0.15, 0.2) is 5.65 Å². The Morgan fingerprint density at radius 1 is 1.16 bits per heavy atom. The van der Waals surface area contributed by atoms with Gasteiger partial charge in [0.1, 0.15) is 11.3 Å². The molecule has 0 saturated carbocycles. The highest BCUT2D eigenvalue weighted by atomic mass is 19.4. The quantitative estimate of drug-likeness (QED) is 0.489. The van der Waals surface area contributed by atoms with E-state index in [1.54, 1.807) is 12.3 Å². The molecule has 0 radical (unpaired) electrons. The lowest BCUT2D eigenvalue weighted by molar-refractivity contribution is -0.137. The summed E-state index contributed by atoms with van der Waals surface area (Å²) in [5, 5.41) is 4.18. The number of fused-ring (bicyclic) bond motifs is 1. The molecule has 1 aromatic carbocycles. The summed E-state index contributed by atoms with van der Waals surface area (Å²) in [7, 11) is 0. The summed E-state index contributed by atoms with van der Waals surface area (Å²) >= 11 is 0. The van der Waals surface area contributed by atoms with E-state index in [2.05, 4.69) is 20.1 Å². The standard InChI is InChI=1S/C20H19F3N6O2/c1-2-3-7-29-17-15(18(30)27-19(29)31)25-16(26-17)13-9-24-28(11-13)10-12-5-4-6-14(8-12)20(21,22)23/h4-6,8-9,11H,2-3,7,10H2,1H3,(H,25,26)(H,27,30,31). The molecule has 0 amide bonds. The zero-order chi connectivity index (χ0) is 22.2. The van der Waals surface area contributed by atoms with Gasteiger partial charge in [-0.1, -0.05) is 25.5 Å². The Bertz CT molecular complexity index is 1350. The minimum Gasteiger partial charge on any atom is -0.332 e. The van der Waals surface area contributed by atoms with Gasteiger partial charge in [-0.05, 0) is 24.1 Å². The molecule has 0 bridgehead atoms. The van der Waals surface area contributed by atoms with Crippen LogP contribution < -0.4 is 11.2 Å². The Morgan fingerprint density at radius 3 is 2.71 bits per heavy atom. The van der Waals surface area contributed by atoms with Gasteiger partial charge in [-0.3, -0.25) is 19.0 Å². The van der Waals surface area contributed by atoms with Gasteiger partial charge in [0.25, 0.3) is 5.56 Å². The first kappa shape index (κ1) is 20.6. The van der Waals surface area contributed by atoms with Crippen LogP contribution in [0.2, 0.25) is 0 Å². The molecule has 162 valence electrons. The second-order valence-corrected chi connectivity index (χ2v) is 7.17. The van der Waals surface area contributed by atoms with Crippen molar-refractivity contribution in [2.24, 2.45) is 0 Å². The van der Waals surface area contributed by atoms with E-state index in [9.17, 15) is 22.8 Å². The highest BCUT2D eigenvalue weighted by Gasteiger charge is 2.30. The van der Waals surface area contributed by atoms with E-state index in [-0.39, 0.29) is 17.7 Å². The number of aryl methyl sites for hydroxylation is 1. The number of nitrogens with zero attached hydrogens (tertiary/aromatic N) is 4. The van der Waals surface area contributed by atoms with E-state index in [0.717, 1.165) is 25.0 Å². The van der Waals surface area contributed by atoms with Gasteiger partial charge in [0.2, 0.25) is 0 Å². The van der Waals surface area contributed by atoms with Crippen molar-refractivity contribution < 1.29 is 13.2 Å². The van der Waals surface area contributed by atoms with Crippen molar-refractivity contribution in [1.82, 2.24) is 29.3 Å². The number of nitrogens with one attached hydrogen (secondary N) is 2. The Kier molecular flexibility index (Phi) is 5.25. The van der Waals surface area contributed by atoms with Gasteiger partial charge in [-0.2, -0.15) is 18.3 Å². The SMILES string of the molecule is CCCCn1c(=O)[nH]c(=O)c2[nH]c(-c3cnn(Cc4cccc(C(F)(F)F)c4)c3)nc21. The second-order valence-electron chi connectivity index (χ2n) is 7.17. The van der Waals surface area contributed by atoms with Gasteiger partial charge < -0.3 is 4.98 Å². The van der Waals surface area contributed by atoms with Crippen LogP contribution in [0.3, 0.4) is 0 Å². The first-order valence-corrected chi connectivity index (χ1v) is 9.68. The van der Waals surface area contributed by atoms with Gasteiger partial charge >= 0.3 is 11.9 Å². The highest BCUT2D eigenvalue weighted by molar-refractivity contribution is 5.75. The third-order valence-electron chi connectivity index (χ3n) is 4.87. The third kappa shape index (κ3) is 4.16. The van der Waals surface area contributed by atoms with Crippen molar-refractivity contribution in [3.63, 3.8) is 0 Å². The van der Waals surface area contributed by atoms with Crippen LogP contribution in [0.15, 0.2) is 46.2 Å². The van der Waals surface area contributed by atoms with Crippen LogP contribution in [0, 0.1) is 0 Å². The molecule has 0 saturated heterocycles. The molecule has 8 nitrogen and oxygen atoms in total. The van der Waals surface area contributed by atoms with E-state index >= 15 is 0 Å². The van der Waals surface area contributed by atoms with E-state index < -0.39 is 23.0 Å². The number of imidazole rings is 1. The lowest BCUT2D eigenvalue weighted by Gasteiger charge is -2.08. The predicted octanol–water partition coefficient (Wildman–Crippen LogP) is 3.14. The number of benzene rings is 1. The number of halogens is 3. The van der Waals surface area contributed by atoms with Crippen molar-refractivity contribution in [3.05, 3.63) is 68.6 Å². The van der Waals surface area contributed by atoms with Crippen molar-refractivity contribution in [3.8, 4) is 11.4 Å². The van der Waals surface area contributed by atoms with Gasteiger partial charge in [0.05, 0.1) is 23.9 Å². The monoisotopic (exact) mass is 432 g/mol. The lowest BCUT2D eigenvalue weighted by Crippen LogP contribution is -2.30. The Morgan fingerprint density at radius 2 is 1.97 bits per heavy atom. The molecule has 3 aromatic heterocycles. The lowest BCUT2D eigenvalue weighted by atomic mass is 10.1. The zero-order valence-corrected chi connectivity index (χ0v) is 16.5. The van der Waals surface area contributed by atoms with E-state index in [1.807, 2.05) is 6.92 Å². The highest BCUT2D eigenvalue weighted by Crippen LogP contribution is 2.29. The molecule has 0 aliphatic carbocycles. The second kappa shape index (κ2) is 7.89. The van der Waals surface area contributed by atoms with Crippen molar-refractivity contribution in [2.75, 3.05) is 0 Å². The molecule has 0 spiro atoms. The zero-order valence-electron chi connectivity index (χ0n) is 16.5. The van der Waals surface area contributed by atoms with Crippen molar-refractivity contribution in [2.45, 2.75) is 39.0 Å². The van der Waals surface area contributed by atoms with E-state index in [0.29, 0.717) is 23.5 Å². The summed E-state index contributed by atoms with van der Waals surface area (Å²) in [5.74, 6) is 0.339. The number of aromatic nitrogens is 6. The molecule has 0 aliphatic heterocycles. The molecule has 11 heteroatoms. The average Bonchev–Trinajstić information content (AvgIpc) is 3.35. The van der Waals surface area contributed by atoms with Crippen LogP contribution >= 0.6 is 0 Å². The first-order valence-electron chi connectivity index (χ1n) is 9.68. The minimum atomic E-state index is -4.42. The molecule has 0 aliphatic rings. The van der Waals surface area contributed by atoms with Gasteiger partial charge in [-0.25, -0.2) is 9.78 Å². The molecule has 0 atom stereocenters. The molecule has 4 aromatic rings. The van der Waals surface area contributed by atoms with Crippen molar-refractivity contribution in [1.29, 1.82) is 0 Å². The number of H-pyrrole nitrogens is 2. The summed E-state index contributed by atoms with van der Waals surface area (Å²) in [6.45, 7) is 2.54. The molecule has 31 heavy (non-hydrogen) atoms. The number of hydrogen-bond donors (Lipinski definition) is 2. The van der Waals surface area contributed by atoms with Crippen LogP contribution in [0.4, 0.5) is 13.2 Å². The van der Waals surface area contributed by atoms with Crippen LogP contribution in [-0.4, -0.2) is 29.3 Å². The average molecular weight is 432 g/mol. The fourth-order valence-corrected chi connectivity index (χ4v) is 3.31. The van der Waals surface area contributed by atoms with E-state index in [1.165, 1.54) is 21.5 Å². The molecule has 4 rings (SSSR count). The maximum atomic E-state index is 12.9.